The van der Waals surface area contributed by atoms with Crippen LogP contribution < -0.4 is 131 Å². The van der Waals surface area contributed by atoms with Crippen molar-refractivity contribution in [3.63, 3.8) is 0 Å². The number of hydrogen-bond donors (Lipinski definition) is 33. The van der Waals surface area contributed by atoms with Crippen molar-refractivity contribution in [2.75, 3.05) is 57.7 Å². The molecule has 7 amide bonds. The quantitative estimate of drug-likeness (QED) is 0.00650. The Morgan fingerprint density at radius 3 is 1.08 bits per heavy atom. The van der Waals surface area contributed by atoms with Crippen molar-refractivity contribution in [1.29, 1.82) is 37.9 Å². The van der Waals surface area contributed by atoms with Crippen LogP contribution in [-0.4, -0.2) is 210 Å². The number of rotatable bonds is 49. The number of nitrogens with two attached hydrogens (primary N) is 7. The number of phenols is 1. The minimum Gasteiger partial charge on any atom is -0.508 e. The van der Waals surface area contributed by atoms with Crippen molar-refractivity contribution in [3.05, 3.63) is 70.4 Å². The van der Waals surface area contributed by atoms with Crippen LogP contribution in [-0.2, 0) is 38.4 Å². The van der Waals surface area contributed by atoms with E-state index in [1.165, 1.54) is 36.4 Å². The summed E-state index contributed by atoms with van der Waals surface area (Å²) in [5.74, 6) is -11.9. The number of nitrogens with one attached hydrogen (secondary N) is 23. The normalized spacial score (nSPS) is 12.6. The summed E-state index contributed by atoms with van der Waals surface area (Å²) in [6.07, 6.45) is -0.775. The van der Waals surface area contributed by atoms with Crippen LogP contribution in [0.25, 0.3) is 33.4 Å². The van der Waals surface area contributed by atoms with Gasteiger partial charge in [-0.25, -0.2) is 9.59 Å². The maximum atomic E-state index is 14.8. The fourth-order valence-electron chi connectivity index (χ4n) is 11.3. The predicted molar refractivity (Wildman–Crippen MR) is 422 cm³/mol. The lowest BCUT2D eigenvalue weighted by Gasteiger charge is -2.28. The molecular formula is C67H104N30O14S. The molecule has 4 rings (SSSR count). The lowest BCUT2D eigenvalue weighted by molar-refractivity contribution is -0.142. The van der Waals surface area contributed by atoms with Crippen LogP contribution in [0.5, 0.6) is 5.75 Å². The number of amides is 7. The van der Waals surface area contributed by atoms with Crippen LogP contribution in [0.3, 0.4) is 0 Å². The fourth-order valence-corrected chi connectivity index (χ4v) is 11.5. The number of hydrogen-bond acceptors (Lipinski definition) is 20. The summed E-state index contributed by atoms with van der Waals surface area (Å²) < 4.78 is 5.93. The molecular weight excluding hydrogens is 1480 g/mol. The summed E-state index contributed by atoms with van der Waals surface area (Å²) in [5, 5.41) is 127. The highest BCUT2D eigenvalue weighted by Crippen LogP contribution is 2.42. The number of aliphatic carboxylic acids is 1. The zero-order chi connectivity index (χ0) is 83.0. The van der Waals surface area contributed by atoms with Crippen molar-refractivity contribution in [3.8, 4) is 28.2 Å². The number of aromatic hydroxyl groups is 1. The van der Waals surface area contributed by atoms with Crippen molar-refractivity contribution in [2.45, 2.75) is 145 Å². The molecule has 0 radical (unpaired) electrons. The number of carboxylic acid groups (broad SMARTS) is 2. The van der Waals surface area contributed by atoms with Gasteiger partial charge in [-0.3, -0.25) is 76.2 Å². The van der Waals surface area contributed by atoms with Crippen molar-refractivity contribution < 1.29 is 62.9 Å². The molecule has 2 aliphatic rings. The maximum absolute atomic E-state index is 14.8. The number of fused-ring (bicyclic) bond motifs is 2. The summed E-state index contributed by atoms with van der Waals surface area (Å²) in [6.45, 7) is 0.249. The Hall–Kier alpha value is -13.3. The molecule has 0 saturated carbocycles. The molecule has 1 aliphatic carbocycles. The molecule has 44 nitrogen and oxygen atoms in total. The van der Waals surface area contributed by atoms with Gasteiger partial charge in [0.15, 0.2) is 52.3 Å². The third kappa shape index (κ3) is 33.9. The zero-order valence-corrected chi connectivity index (χ0v) is 62.3. The molecule has 2 aromatic carbocycles. The molecule has 7 atom stereocenters. The molecule has 0 bridgehead atoms. The number of carbonyl (C=O) groups is 9. The van der Waals surface area contributed by atoms with Gasteiger partial charge in [0, 0.05) is 93.1 Å². The van der Waals surface area contributed by atoms with Gasteiger partial charge in [0.05, 0.1) is 5.56 Å². The number of phenolic OH excluding ortho intramolecular Hbond substituents is 1. The Morgan fingerprint density at radius 1 is 0.402 bits per heavy atom. The van der Waals surface area contributed by atoms with E-state index in [2.05, 4.69) is 85.1 Å². The molecule has 0 fully saturated rings. The molecule has 1 heterocycles. The molecule has 40 N–H and O–H groups in total. The predicted octanol–water partition coefficient (Wildman–Crippen LogP) is -4.64. The van der Waals surface area contributed by atoms with E-state index in [1.54, 1.807) is 18.2 Å². The lowest BCUT2D eigenvalue weighted by Crippen LogP contribution is -2.60. The van der Waals surface area contributed by atoms with Gasteiger partial charge in [0.1, 0.15) is 59.4 Å². The zero-order valence-electron chi connectivity index (χ0n) is 61.5. The van der Waals surface area contributed by atoms with E-state index in [1.807, 2.05) is 0 Å². The molecule has 0 aromatic heterocycles. The number of benzene rings is 3. The minimum atomic E-state index is -1.57. The van der Waals surface area contributed by atoms with E-state index in [0.717, 1.165) is 0 Å². The van der Waals surface area contributed by atoms with Crippen molar-refractivity contribution in [1.82, 2.24) is 79.8 Å². The average molecular weight is 1590 g/mol. The monoisotopic (exact) mass is 1580 g/mol. The molecule has 0 saturated heterocycles. The number of guanidine groups is 7. The highest BCUT2D eigenvalue weighted by atomic mass is 32.1. The molecule has 612 valence electrons. The molecule has 112 heavy (non-hydrogen) atoms. The van der Waals surface area contributed by atoms with Gasteiger partial charge in [-0.2, -0.15) is 0 Å². The SMILES string of the molecule is N=C(N)NCCC[C@@H](NC(=O)[C@@H](CCCNC(=N)N)NC(=O)[C@@H](CCCNC(=N)N)NC(=O)[C@@H](CCCNC(=N)N)NC(=O)[C@@H](CCCNC(=N)N)NC(=O)[C@@H](CCCNC(=N)N)NC(=O)[C@@H](CCCNC(=N)N)NC(=O)CCCNC(=S)Nc1ccc(-c2c3ccc(=O)cc-3oc3cc(O)ccc23)c(C(=O)O)c1)C(=O)O. The van der Waals surface area contributed by atoms with Gasteiger partial charge in [-0.15, -0.1) is 0 Å². The summed E-state index contributed by atoms with van der Waals surface area (Å²) in [4.78, 5) is 139. The number of thiocarbonyl (C=S) groups is 1. The third-order valence-corrected chi connectivity index (χ3v) is 16.9. The van der Waals surface area contributed by atoms with E-state index >= 15 is 0 Å². The first-order chi connectivity index (χ1) is 53.1. The number of carbonyl (C=O) groups excluding carboxylic acids is 7. The third-order valence-electron chi connectivity index (χ3n) is 16.6. The van der Waals surface area contributed by atoms with Gasteiger partial charge in [0.2, 0.25) is 41.4 Å². The standard InChI is InChI=1S/C67H104N30O14S/c68-60(69)82-23-1-9-41(91-50(100)16-8-30-89-67(112)90-34-17-20-37(40(31-34)58(107)108)51-38-21-18-35(98)32-48(38)111-49-33-36(99)19-22-39(49)51)52(101)92-42(10-2-24-83-61(70)71)53(102)93-43(11-3-25-84-62(72)73)54(103)94-44(12-4-26-85-63(74)75)55(104)95-45(13-5-27-86-64(76)77)56(105)96-46(14-6-28-87-65(78)79)57(106)97-47(59(109)110)15-7-29-88-66(80)81/h17-22,31-33,41-47,98H,1-16,23-30H2,(H,91,100)(H,92,101)(H,93,102)(H,94,103)(H,95,104)(H,96,105)(H,97,106)(H,107,108)(H,109,110)(H4,68,69,82)(H4,70,71,83)(H4,72,73,84)(H4,74,75,85)(H4,76,77,86)(H4,78,79,87)(H4,80,81,88)(H2,89,90,112)/t41-,42-,43-,44-,45-,46-,47-/m1/s1. The van der Waals surface area contributed by atoms with Crippen molar-refractivity contribution >= 4 is 129 Å². The Morgan fingerprint density at radius 2 is 0.732 bits per heavy atom. The largest absolute Gasteiger partial charge is 0.508 e. The summed E-state index contributed by atoms with van der Waals surface area (Å²) in [7, 11) is 0. The Bertz CT molecular complexity index is 4050. The Labute approximate surface area is 648 Å². The highest BCUT2D eigenvalue weighted by Gasteiger charge is 2.35. The smallest absolute Gasteiger partial charge is 0.336 e. The van der Waals surface area contributed by atoms with Crippen LogP contribution in [0.15, 0.2) is 63.8 Å². The first-order valence-electron chi connectivity index (χ1n) is 35.6. The van der Waals surface area contributed by atoms with Gasteiger partial charge in [0.25, 0.3) is 0 Å². The van der Waals surface area contributed by atoms with Gasteiger partial charge in [-0.1, -0.05) is 6.07 Å². The van der Waals surface area contributed by atoms with E-state index in [9.17, 15) is 63.3 Å². The summed E-state index contributed by atoms with van der Waals surface area (Å²) in [6, 6.07) is 2.41. The minimum absolute atomic E-state index is 0.00224. The highest BCUT2D eigenvalue weighted by molar-refractivity contribution is 7.80. The van der Waals surface area contributed by atoms with Gasteiger partial charge < -0.3 is 145 Å². The van der Waals surface area contributed by atoms with E-state index in [0.29, 0.717) is 16.5 Å². The second-order valence-corrected chi connectivity index (χ2v) is 26.0. The van der Waals surface area contributed by atoms with Crippen LogP contribution in [0.2, 0.25) is 0 Å². The molecule has 2 aromatic rings. The fraction of sp³-hybridized carbons (Fsp3) is 0.463. The first-order valence-corrected chi connectivity index (χ1v) is 36.0. The Kier molecular flexibility index (Phi) is 38.7. The first kappa shape index (κ1) is 91.1. The second-order valence-electron chi connectivity index (χ2n) is 25.6. The number of aromatic carboxylic acids is 1. The average Bonchev–Trinajstić information content (AvgIpc) is 0.748. The topological polar surface area (TPSA) is 786 Å². The summed E-state index contributed by atoms with van der Waals surface area (Å²) in [5.41, 5.74) is 39.6. The van der Waals surface area contributed by atoms with Crippen LogP contribution in [0.1, 0.15) is 113 Å². The second kappa shape index (κ2) is 47.5. The maximum Gasteiger partial charge on any atom is 0.336 e. The van der Waals surface area contributed by atoms with Gasteiger partial charge >= 0.3 is 11.9 Å². The van der Waals surface area contributed by atoms with Crippen molar-refractivity contribution in [2.24, 2.45) is 40.1 Å². The Balaban J connectivity index is 1.60. The van der Waals surface area contributed by atoms with Crippen LogP contribution in [0, 0.1) is 37.9 Å². The van der Waals surface area contributed by atoms with Gasteiger partial charge in [-0.05, 0) is 150 Å². The molecule has 0 unspecified atom stereocenters. The molecule has 45 heteroatoms. The van der Waals surface area contributed by atoms with E-state index < -0.39 is 125 Å². The van der Waals surface area contributed by atoms with E-state index in [4.69, 9.17) is 94.6 Å². The number of carboxylic acids is 2. The lowest BCUT2D eigenvalue weighted by atomic mass is 9.90. The molecule has 0 spiro atoms. The molecule has 1 aliphatic heterocycles. The van der Waals surface area contributed by atoms with Crippen LogP contribution in [0.4, 0.5) is 5.69 Å². The summed E-state index contributed by atoms with van der Waals surface area (Å²) >= 11 is 5.53. The van der Waals surface area contributed by atoms with E-state index in [-0.39, 0.29) is 211 Å². The number of anilines is 1. The van der Waals surface area contributed by atoms with Crippen LogP contribution >= 0.6 is 12.2 Å².